The fourth-order valence-electron chi connectivity index (χ4n) is 4.82. The van der Waals surface area contributed by atoms with Crippen molar-refractivity contribution in [2.75, 3.05) is 5.32 Å². The summed E-state index contributed by atoms with van der Waals surface area (Å²) in [7, 11) is 0. The van der Waals surface area contributed by atoms with Gasteiger partial charge < -0.3 is 20.9 Å². The van der Waals surface area contributed by atoms with Gasteiger partial charge in [0.2, 0.25) is 0 Å². The number of halogens is 2. The molecule has 1 aliphatic carbocycles. The fourth-order valence-corrected chi connectivity index (χ4v) is 4.82. The van der Waals surface area contributed by atoms with Gasteiger partial charge in [-0.05, 0) is 67.0 Å². The molecule has 4 rings (SSSR count). The summed E-state index contributed by atoms with van der Waals surface area (Å²) < 4.78 is 29.1. The van der Waals surface area contributed by atoms with Gasteiger partial charge in [-0.3, -0.25) is 9.78 Å². The maximum Gasteiger partial charge on any atom is 0.274 e. The molecule has 1 aliphatic rings. The number of anilines is 1. The molecule has 2 heterocycles. The van der Waals surface area contributed by atoms with E-state index >= 15 is 0 Å². The number of aliphatic hydroxyl groups excluding tert-OH is 1. The van der Waals surface area contributed by atoms with Crippen molar-refractivity contribution < 1.29 is 23.8 Å². The number of aryl methyl sites for hydroxylation is 1. The Labute approximate surface area is 201 Å². The Kier molecular flexibility index (Phi) is 6.88. The molecule has 35 heavy (non-hydrogen) atoms. The van der Waals surface area contributed by atoms with Crippen molar-refractivity contribution in [3.63, 3.8) is 0 Å². The zero-order chi connectivity index (χ0) is 25.3. The predicted molar refractivity (Wildman–Crippen MR) is 128 cm³/mol. The number of pyridine rings is 2. The number of nitrogens with zero attached hydrogens (tertiary/aromatic N) is 2. The van der Waals surface area contributed by atoms with E-state index in [0.29, 0.717) is 18.5 Å². The molecule has 7 nitrogen and oxygen atoms in total. The molecule has 0 aliphatic heterocycles. The van der Waals surface area contributed by atoms with Crippen LogP contribution < -0.4 is 5.32 Å². The first kappa shape index (κ1) is 24.4. The summed E-state index contributed by atoms with van der Waals surface area (Å²) in [5.41, 5.74) is 0.965. The third-order valence-corrected chi connectivity index (χ3v) is 6.58. The Balaban J connectivity index is 1.64. The predicted octanol–water partition coefficient (Wildman–Crippen LogP) is 4.83. The monoisotopic (exact) mass is 480 g/mol. The van der Waals surface area contributed by atoms with Gasteiger partial charge in [-0.1, -0.05) is 6.92 Å². The van der Waals surface area contributed by atoms with Crippen molar-refractivity contribution in [2.45, 2.75) is 38.7 Å². The lowest BCUT2D eigenvalue weighted by atomic mass is 9.71. The Morgan fingerprint density at radius 3 is 2.69 bits per heavy atom. The van der Waals surface area contributed by atoms with E-state index in [1.165, 1.54) is 31.5 Å². The fraction of sp³-hybridized carbons (Fsp3) is 0.308. The normalized spacial score (nSPS) is 22.0. The summed E-state index contributed by atoms with van der Waals surface area (Å²) in [5, 5.41) is 30.4. The standard InChI is InChI=1S/C26H26F2N4O3/c1-13-8-17(33)10-20(28)23(13)24-19(27)3-4-21(31-24)26(35)32-22-12-30-6-5-18(22)15-7-14(2)25(34)16(9-15)11-29/h3-6,8,10-12,14-16,25,29,33-34H,7,9H2,1-2H3,(H,32,35). The summed E-state index contributed by atoms with van der Waals surface area (Å²) in [5.74, 6) is -2.89. The minimum Gasteiger partial charge on any atom is -0.508 e. The largest absolute Gasteiger partial charge is 0.508 e. The molecule has 4 unspecified atom stereocenters. The van der Waals surface area contributed by atoms with Crippen LogP contribution in [0, 0.1) is 35.8 Å². The number of aliphatic hydroxyl groups is 1. The first-order chi connectivity index (χ1) is 16.7. The minimum atomic E-state index is -0.852. The average Bonchev–Trinajstić information content (AvgIpc) is 2.81. The van der Waals surface area contributed by atoms with E-state index in [2.05, 4.69) is 15.3 Å². The van der Waals surface area contributed by atoms with E-state index in [-0.39, 0.29) is 46.0 Å². The highest BCUT2D eigenvalue weighted by Gasteiger charge is 2.35. The van der Waals surface area contributed by atoms with Gasteiger partial charge in [0, 0.05) is 30.0 Å². The minimum absolute atomic E-state index is 0.0104. The number of phenols is 1. The maximum atomic E-state index is 14.6. The number of carbonyl (C=O) groups excluding carboxylic acids is 1. The quantitative estimate of drug-likeness (QED) is 0.390. The molecule has 1 amide bonds. The van der Waals surface area contributed by atoms with Crippen LogP contribution in [0.5, 0.6) is 5.75 Å². The van der Waals surface area contributed by atoms with Crippen LogP contribution in [-0.2, 0) is 0 Å². The smallest absolute Gasteiger partial charge is 0.274 e. The molecule has 1 aromatic carbocycles. The van der Waals surface area contributed by atoms with Gasteiger partial charge in [0.1, 0.15) is 28.8 Å². The third-order valence-electron chi connectivity index (χ3n) is 6.58. The average molecular weight is 481 g/mol. The second kappa shape index (κ2) is 9.87. The van der Waals surface area contributed by atoms with E-state index in [9.17, 15) is 23.8 Å². The van der Waals surface area contributed by atoms with Crippen LogP contribution in [-0.4, -0.2) is 38.4 Å². The van der Waals surface area contributed by atoms with Crippen molar-refractivity contribution in [3.05, 3.63) is 71.2 Å². The number of amides is 1. The molecule has 0 spiro atoms. The molecule has 0 bridgehead atoms. The number of rotatable bonds is 5. The van der Waals surface area contributed by atoms with Crippen LogP contribution in [0.25, 0.3) is 11.3 Å². The molecule has 1 fully saturated rings. The molecule has 0 radical (unpaired) electrons. The SMILES string of the molecule is Cc1cc(O)cc(F)c1-c1nc(C(=O)Nc2cnccc2C2CC(C)C(O)C(C=N)C2)ccc1F. The Hall–Kier alpha value is -3.72. The summed E-state index contributed by atoms with van der Waals surface area (Å²) in [6.07, 6.45) is 5.04. The van der Waals surface area contributed by atoms with Gasteiger partial charge in [-0.15, -0.1) is 0 Å². The van der Waals surface area contributed by atoms with Gasteiger partial charge in [0.15, 0.2) is 0 Å². The summed E-state index contributed by atoms with van der Waals surface area (Å²) in [6, 6.07) is 6.21. The summed E-state index contributed by atoms with van der Waals surface area (Å²) >= 11 is 0. The van der Waals surface area contributed by atoms with Crippen LogP contribution in [0.4, 0.5) is 14.5 Å². The number of aromatic nitrogens is 2. The zero-order valence-corrected chi connectivity index (χ0v) is 19.3. The van der Waals surface area contributed by atoms with E-state index in [1.54, 1.807) is 12.3 Å². The van der Waals surface area contributed by atoms with E-state index in [1.807, 2.05) is 6.92 Å². The van der Waals surface area contributed by atoms with Gasteiger partial charge in [-0.2, -0.15) is 0 Å². The van der Waals surface area contributed by atoms with E-state index in [0.717, 1.165) is 17.7 Å². The Bertz CT molecular complexity index is 1260. The highest BCUT2D eigenvalue weighted by molar-refractivity contribution is 6.03. The number of hydrogen-bond acceptors (Lipinski definition) is 6. The van der Waals surface area contributed by atoms with Crippen molar-refractivity contribution >= 4 is 17.8 Å². The molecule has 3 aromatic rings. The highest BCUT2D eigenvalue weighted by Crippen LogP contribution is 2.41. The van der Waals surface area contributed by atoms with Gasteiger partial charge in [0.25, 0.3) is 5.91 Å². The maximum absolute atomic E-state index is 14.6. The third kappa shape index (κ3) is 4.90. The second-order valence-electron chi connectivity index (χ2n) is 9.03. The van der Waals surface area contributed by atoms with Crippen LogP contribution in [0.15, 0.2) is 42.7 Å². The molecule has 182 valence electrons. The topological polar surface area (TPSA) is 119 Å². The van der Waals surface area contributed by atoms with Crippen LogP contribution in [0.1, 0.15) is 47.3 Å². The van der Waals surface area contributed by atoms with E-state index in [4.69, 9.17) is 5.41 Å². The highest BCUT2D eigenvalue weighted by atomic mass is 19.1. The number of nitrogens with one attached hydrogen (secondary N) is 2. The van der Waals surface area contributed by atoms with Crippen LogP contribution in [0.3, 0.4) is 0 Å². The van der Waals surface area contributed by atoms with Crippen molar-refractivity contribution in [2.24, 2.45) is 11.8 Å². The van der Waals surface area contributed by atoms with Gasteiger partial charge in [0.05, 0.1) is 18.0 Å². The molecule has 4 atom stereocenters. The molecular formula is C26H26F2N4O3. The summed E-state index contributed by atoms with van der Waals surface area (Å²) in [6.45, 7) is 3.44. The lowest BCUT2D eigenvalue weighted by Gasteiger charge is -2.36. The Morgan fingerprint density at radius 1 is 1.20 bits per heavy atom. The second-order valence-corrected chi connectivity index (χ2v) is 9.03. The lowest BCUT2D eigenvalue weighted by molar-refractivity contribution is 0.0463. The zero-order valence-electron chi connectivity index (χ0n) is 19.3. The van der Waals surface area contributed by atoms with Crippen LogP contribution >= 0.6 is 0 Å². The van der Waals surface area contributed by atoms with Crippen molar-refractivity contribution in [1.82, 2.24) is 9.97 Å². The molecule has 1 saturated carbocycles. The molecular weight excluding hydrogens is 454 g/mol. The van der Waals surface area contributed by atoms with E-state index < -0.39 is 23.6 Å². The number of hydrogen-bond donors (Lipinski definition) is 4. The molecule has 0 saturated heterocycles. The number of carbonyl (C=O) groups is 1. The van der Waals surface area contributed by atoms with Crippen molar-refractivity contribution in [1.29, 1.82) is 5.41 Å². The molecule has 2 aromatic heterocycles. The lowest BCUT2D eigenvalue weighted by Crippen LogP contribution is -2.36. The number of phenolic OH excluding ortho intramolecular Hbond substituents is 1. The van der Waals surface area contributed by atoms with Gasteiger partial charge >= 0.3 is 0 Å². The number of aromatic hydroxyl groups is 1. The molecule has 9 heteroatoms. The first-order valence-corrected chi connectivity index (χ1v) is 11.3. The van der Waals surface area contributed by atoms with Crippen LogP contribution in [0.2, 0.25) is 0 Å². The first-order valence-electron chi connectivity index (χ1n) is 11.3. The summed E-state index contributed by atoms with van der Waals surface area (Å²) in [4.78, 5) is 21.3. The number of benzene rings is 1. The van der Waals surface area contributed by atoms with Gasteiger partial charge in [-0.25, -0.2) is 13.8 Å². The Morgan fingerprint density at radius 2 is 1.97 bits per heavy atom. The van der Waals surface area contributed by atoms with Crippen molar-refractivity contribution in [3.8, 4) is 17.0 Å². The molecule has 4 N–H and O–H groups in total.